The van der Waals surface area contributed by atoms with Crippen molar-refractivity contribution in [2.75, 3.05) is 7.11 Å². The van der Waals surface area contributed by atoms with Crippen LogP contribution in [0.15, 0.2) is 46.9 Å². The fourth-order valence-corrected chi connectivity index (χ4v) is 2.46. The highest BCUT2D eigenvalue weighted by Gasteiger charge is 2.14. The predicted molar refractivity (Wildman–Crippen MR) is 91.8 cm³/mol. The van der Waals surface area contributed by atoms with Gasteiger partial charge >= 0.3 is 5.97 Å². The van der Waals surface area contributed by atoms with Gasteiger partial charge in [0.15, 0.2) is 11.5 Å². The van der Waals surface area contributed by atoms with E-state index in [1.165, 1.54) is 25.3 Å². The number of nitrogens with zero attached hydrogens (tertiary/aromatic N) is 2. The Hall–Kier alpha value is -3.42. The van der Waals surface area contributed by atoms with Crippen LogP contribution in [0.25, 0.3) is 11.1 Å². The molecule has 0 amide bonds. The lowest BCUT2D eigenvalue weighted by Crippen LogP contribution is -2.07. The third-order valence-corrected chi connectivity index (χ3v) is 3.74. The van der Waals surface area contributed by atoms with Crippen LogP contribution in [0.4, 0.5) is 5.69 Å². The number of fused-ring (bicyclic) bond motifs is 1. The maximum absolute atomic E-state index is 12.0. The van der Waals surface area contributed by atoms with Crippen molar-refractivity contribution < 1.29 is 23.6 Å². The number of nitro groups is 1. The molecule has 2 aromatic carbocycles. The first-order chi connectivity index (χ1) is 12.6. The molecule has 0 aliphatic carbocycles. The van der Waals surface area contributed by atoms with Gasteiger partial charge in [0.1, 0.15) is 17.9 Å². The Balaban J connectivity index is 1.58. The first-order valence-corrected chi connectivity index (χ1v) is 7.88. The van der Waals surface area contributed by atoms with Crippen molar-refractivity contribution >= 4 is 22.8 Å². The second-order valence-electron chi connectivity index (χ2n) is 5.49. The number of hydrogen-bond donors (Lipinski definition) is 0. The molecule has 3 aromatic rings. The van der Waals surface area contributed by atoms with Gasteiger partial charge in [-0.2, -0.15) is 0 Å². The van der Waals surface area contributed by atoms with Crippen molar-refractivity contribution in [3.05, 3.63) is 64.0 Å². The van der Waals surface area contributed by atoms with E-state index in [1.54, 1.807) is 6.07 Å². The van der Waals surface area contributed by atoms with Gasteiger partial charge in [0.25, 0.3) is 5.69 Å². The van der Waals surface area contributed by atoms with Crippen molar-refractivity contribution in [2.45, 2.75) is 19.4 Å². The SMILES string of the molecule is COc1ccc([N+](=O)[O-])cc1COC(=O)CCc1nc2ccccc2o1. The molecule has 8 heteroatoms. The van der Waals surface area contributed by atoms with Gasteiger partial charge in [0, 0.05) is 24.1 Å². The van der Waals surface area contributed by atoms with Crippen LogP contribution in [0.2, 0.25) is 0 Å². The average molecular weight is 356 g/mol. The molecule has 1 heterocycles. The average Bonchev–Trinajstić information content (AvgIpc) is 3.07. The Morgan fingerprint density at radius 2 is 2.08 bits per heavy atom. The lowest BCUT2D eigenvalue weighted by molar-refractivity contribution is -0.385. The zero-order valence-electron chi connectivity index (χ0n) is 14.0. The van der Waals surface area contributed by atoms with Crippen molar-refractivity contribution in [1.29, 1.82) is 0 Å². The van der Waals surface area contributed by atoms with Crippen LogP contribution in [-0.4, -0.2) is 23.0 Å². The lowest BCUT2D eigenvalue weighted by Gasteiger charge is -2.09. The summed E-state index contributed by atoms with van der Waals surface area (Å²) < 4.78 is 15.9. The molecule has 1 aromatic heterocycles. The first-order valence-electron chi connectivity index (χ1n) is 7.88. The number of methoxy groups -OCH3 is 1. The van der Waals surface area contributed by atoms with Crippen molar-refractivity contribution in [3.8, 4) is 5.75 Å². The molecule has 0 bridgehead atoms. The van der Waals surface area contributed by atoms with E-state index in [9.17, 15) is 14.9 Å². The van der Waals surface area contributed by atoms with Crippen LogP contribution in [0, 0.1) is 10.1 Å². The maximum atomic E-state index is 12.0. The van der Waals surface area contributed by atoms with E-state index in [2.05, 4.69) is 4.98 Å². The molecule has 0 unspecified atom stereocenters. The summed E-state index contributed by atoms with van der Waals surface area (Å²) in [6.45, 7) is -0.114. The minimum atomic E-state index is -0.516. The highest BCUT2D eigenvalue weighted by molar-refractivity contribution is 5.72. The Morgan fingerprint density at radius 1 is 1.27 bits per heavy atom. The van der Waals surface area contributed by atoms with Gasteiger partial charge in [0.05, 0.1) is 18.5 Å². The summed E-state index contributed by atoms with van der Waals surface area (Å²) in [5.41, 5.74) is 1.73. The van der Waals surface area contributed by atoms with Gasteiger partial charge in [0.2, 0.25) is 0 Å². The molecule has 0 spiro atoms. The Bertz CT molecular complexity index is 917. The topological polar surface area (TPSA) is 105 Å². The summed E-state index contributed by atoms with van der Waals surface area (Å²) in [6, 6.07) is 11.5. The van der Waals surface area contributed by atoms with Crippen molar-refractivity contribution in [1.82, 2.24) is 4.98 Å². The van der Waals surface area contributed by atoms with E-state index in [1.807, 2.05) is 18.2 Å². The molecule has 26 heavy (non-hydrogen) atoms. The molecule has 8 nitrogen and oxygen atoms in total. The molecule has 134 valence electrons. The first kappa shape index (κ1) is 17.4. The van der Waals surface area contributed by atoms with E-state index in [0.29, 0.717) is 29.2 Å². The van der Waals surface area contributed by atoms with Gasteiger partial charge in [-0.3, -0.25) is 14.9 Å². The number of esters is 1. The number of aryl methyl sites for hydroxylation is 1. The molecule has 0 radical (unpaired) electrons. The number of non-ortho nitro benzene ring substituents is 1. The van der Waals surface area contributed by atoms with E-state index in [0.717, 1.165) is 5.52 Å². The van der Waals surface area contributed by atoms with Crippen LogP contribution < -0.4 is 4.74 Å². The van der Waals surface area contributed by atoms with Gasteiger partial charge in [-0.1, -0.05) is 12.1 Å². The van der Waals surface area contributed by atoms with Gasteiger partial charge in [-0.05, 0) is 18.2 Å². The van der Waals surface area contributed by atoms with Crippen molar-refractivity contribution in [3.63, 3.8) is 0 Å². The highest BCUT2D eigenvalue weighted by atomic mass is 16.6. The summed E-state index contributed by atoms with van der Waals surface area (Å²) in [5, 5.41) is 10.9. The summed E-state index contributed by atoms with van der Waals surface area (Å²) >= 11 is 0. The standard InChI is InChI=1S/C18H16N2O6/c1-24-15-7-6-13(20(22)23)10-12(15)11-25-18(21)9-8-17-19-14-4-2-3-5-16(14)26-17/h2-7,10H,8-9,11H2,1H3. The molecule has 0 saturated heterocycles. The zero-order chi connectivity index (χ0) is 18.5. The molecule has 0 aliphatic heterocycles. The number of para-hydroxylation sites is 2. The van der Waals surface area contributed by atoms with Crippen LogP contribution in [0.5, 0.6) is 5.75 Å². The summed E-state index contributed by atoms with van der Waals surface area (Å²) in [7, 11) is 1.44. The predicted octanol–water partition coefficient (Wildman–Crippen LogP) is 3.42. The fourth-order valence-electron chi connectivity index (χ4n) is 2.46. The minimum Gasteiger partial charge on any atom is -0.496 e. The summed E-state index contributed by atoms with van der Waals surface area (Å²) in [4.78, 5) is 26.6. The second-order valence-corrected chi connectivity index (χ2v) is 5.49. The molecular formula is C18H16N2O6. The Kier molecular flexibility index (Phi) is 5.12. The molecule has 0 fully saturated rings. The number of ether oxygens (including phenoxy) is 2. The third-order valence-electron chi connectivity index (χ3n) is 3.74. The van der Waals surface area contributed by atoms with Crippen LogP contribution in [0.1, 0.15) is 17.9 Å². The molecule has 3 rings (SSSR count). The van der Waals surface area contributed by atoms with E-state index in [4.69, 9.17) is 13.9 Å². The number of hydrogen-bond acceptors (Lipinski definition) is 7. The number of aromatic nitrogens is 1. The van der Waals surface area contributed by atoms with Gasteiger partial charge in [-0.25, -0.2) is 4.98 Å². The molecule has 0 atom stereocenters. The van der Waals surface area contributed by atoms with Crippen molar-refractivity contribution in [2.24, 2.45) is 0 Å². The smallest absolute Gasteiger partial charge is 0.306 e. The monoisotopic (exact) mass is 356 g/mol. The molecular weight excluding hydrogens is 340 g/mol. The van der Waals surface area contributed by atoms with E-state index in [-0.39, 0.29) is 18.7 Å². The Morgan fingerprint density at radius 3 is 2.81 bits per heavy atom. The second kappa shape index (κ2) is 7.64. The van der Waals surface area contributed by atoms with Crippen LogP contribution >= 0.6 is 0 Å². The van der Waals surface area contributed by atoms with E-state index < -0.39 is 10.9 Å². The normalized spacial score (nSPS) is 10.7. The maximum Gasteiger partial charge on any atom is 0.306 e. The third kappa shape index (κ3) is 3.97. The van der Waals surface area contributed by atoms with Gasteiger partial charge in [-0.15, -0.1) is 0 Å². The number of carbonyl (C=O) groups is 1. The molecule has 0 aliphatic rings. The molecule has 0 saturated carbocycles. The summed E-state index contributed by atoms with van der Waals surface area (Å²) in [5.74, 6) is 0.416. The summed E-state index contributed by atoms with van der Waals surface area (Å²) in [6.07, 6.45) is 0.393. The van der Waals surface area contributed by atoms with Crippen LogP contribution in [0.3, 0.4) is 0 Å². The minimum absolute atomic E-state index is 0.0874. The zero-order valence-corrected chi connectivity index (χ0v) is 14.0. The quantitative estimate of drug-likeness (QED) is 0.363. The van der Waals surface area contributed by atoms with E-state index >= 15 is 0 Å². The molecule has 0 N–H and O–H groups in total. The Labute approximate surface area is 148 Å². The number of carbonyl (C=O) groups excluding carboxylic acids is 1. The number of rotatable bonds is 7. The fraction of sp³-hybridized carbons (Fsp3) is 0.222. The largest absolute Gasteiger partial charge is 0.496 e. The number of oxazole rings is 1. The van der Waals surface area contributed by atoms with Crippen LogP contribution in [-0.2, 0) is 22.6 Å². The number of benzene rings is 2. The lowest BCUT2D eigenvalue weighted by atomic mass is 10.2. The van der Waals surface area contributed by atoms with Gasteiger partial charge < -0.3 is 13.9 Å². The number of nitro benzene ring substituents is 1. The highest BCUT2D eigenvalue weighted by Crippen LogP contribution is 2.25.